The minimum absolute atomic E-state index is 0.128. The monoisotopic (exact) mass is 346 g/mol. The Balaban J connectivity index is 2.10. The maximum absolute atomic E-state index is 9.75. The fourth-order valence-electron chi connectivity index (χ4n) is 2.87. The van der Waals surface area contributed by atoms with Crippen LogP contribution in [-0.2, 0) is 4.65 Å². The van der Waals surface area contributed by atoms with Crippen LogP contribution in [0.25, 0.3) is 6.08 Å². The van der Waals surface area contributed by atoms with Gasteiger partial charge in [0.15, 0.2) is 0 Å². The molecule has 0 amide bonds. The minimum Gasteiger partial charge on any atom is -0.508 e. The molecule has 2 N–H and O–H groups in total. The highest BCUT2D eigenvalue weighted by atomic mass is 35.5. The van der Waals surface area contributed by atoms with Crippen LogP contribution in [0, 0.1) is 0 Å². The lowest BCUT2D eigenvalue weighted by molar-refractivity contribution is 0.183. The van der Waals surface area contributed by atoms with Crippen molar-refractivity contribution < 1.29 is 14.8 Å². The lowest BCUT2D eigenvalue weighted by Crippen LogP contribution is -2.31. The Hall–Kier alpha value is -1.49. The first-order valence-electron chi connectivity index (χ1n) is 8.28. The fraction of sp³-hybridized carbons (Fsp3) is 0.368. The van der Waals surface area contributed by atoms with E-state index in [4.69, 9.17) is 16.3 Å². The first-order chi connectivity index (χ1) is 11.4. The van der Waals surface area contributed by atoms with Crippen LogP contribution in [0.3, 0.4) is 0 Å². The Morgan fingerprint density at radius 3 is 2.88 bits per heavy atom. The van der Waals surface area contributed by atoms with Gasteiger partial charge in [-0.05, 0) is 55.5 Å². The SMILES string of the molecule is C=C(C)C1=CCB(O)OC1CC/C(=C/c1ccc(O)cc1Cl)CC. The fourth-order valence-corrected chi connectivity index (χ4v) is 3.10. The number of hydrogen-bond donors (Lipinski definition) is 2. The van der Waals surface area contributed by atoms with E-state index in [-0.39, 0.29) is 11.9 Å². The van der Waals surface area contributed by atoms with Crippen LogP contribution in [-0.4, -0.2) is 23.4 Å². The molecule has 128 valence electrons. The smallest absolute Gasteiger partial charge is 0.458 e. The molecular weight excluding hydrogens is 322 g/mol. The molecule has 0 aliphatic carbocycles. The molecule has 0 bridgehead atoms. The van der Waals surface area contributed by atoms with Crippen molar-refractivity contribution in [1.82, 2.24) is 0 Å². The number of aromatic hydroxyl groups is 1. The van der Waals surface area contributed by atoms with Crippen molar-refractivity contribution in [3.8, 4) is 5.75 Å². The van der Waals surface area contributed by atoms with Crippen molar-refractivity contribution in [2.75, 3.05) is 0 Å². The van der Waals surface area contributed by atoms with Crippen molar-refractivity contribution in [2.24, 2.45) is 0 Å². The van der Waals surface area contributed by atoms with E-state index in [0.717, 1.165) is 36.0 Å². The highest BCUT2D eigenvalue weighted by molar-refractivity contribution is 6.43. The lowest BCUT2D eigenvalue weighted by atomic mass is 9.78. The molecule has 2 rings (SSSR count). The number of halogens is 1. The number of allylic oxidation sites excluding steroid dienone is 2. The molecular formula is C19H24BClO3. The van der Waals surface area contributed by atoms with E-state index in [1.165, 1.54) is 5.57 Å². The van der Waals surface area contributed by atoms with Gasteiger partial charge in [-0.2, -0.15) is 0 Å². The van der Waals surface area contributed by atoms with Crippen LogP contribution in [0.4, 0.5) is 0 Å². The van der Waals surface area contributed by atoms with Gasteiger partial charge in [0, 0.05) is 6.32 Å². The van der Waals surface area contributed by atoms with Gasteiger partial charge < -0.3 is 14.8 Å². The van der Waals surface area contributed by atoms with Crippen molar-refractivity contribution in [3.05, 3.63) is 58.2 Å². The maximum atomic E-state index is 9.75. The summed E-state index contributed by atoms with van der Waals surface area (Å²) in [5.74, 6) is 0.163. The van der Waals surface area contributed by atoms with Gasteiger partial charge in [0.2, 0.25) is 0 Å². The van der Waals surface area contributed by atoms with E-state index in [1.807, 2.05) is 19.1 Å². The van der Waals surface area contributed by atoms with Gasteiger partial charge in [-0.3, -0.25) is 0 Å². The summed E-state index contributed by atoms with van der Waals surface area (Å²) in [6.07, 6.45) is 6.99. The molecule has 1 aromatic carbocycles. The van der Waals surface area contributed by atoms with Gasteiger partial charge in [-0.15, -0.1) is 0 Å². The average Bonchev–Trinajstić information content (AvgIpc) is 2.53. The predicted molar refractivity (Wildman–Crippen MR) is 101 cm³/mol. The van der Waals surface area contributed by atoms with Gasteiger partial charge >= 0.3 is 7.12 Å². The third-order valence-electron chi connectivity index (χ3n) is 4.23. The highest BCUT2D eigenvalue weighted by Gasteiger charge is 2.27. The summed E-state index contributed by atoms with van der Waals surface area (Å²) < 4.78 is 5.68. The first kappa shape index (κ1) is 18.8. The Kier molecular flexibility index (Phi) is 6.73. The van der Waals surface area contributed by atoms with Gasteiger partial charge in [0.1, 0.15) is 5.75 Å². The zero-order valence-corrected chi connectivity index (χ0v) is 15.0. The average molecular weight is 347 g/mol. The van der Waals surface area contributed by atoms with Crippen molar-refractivity contribution in [3.63, 3.8) is 0 Å². The van der Waals surface area contributed by atoms with Gasteiger partial charge in [0.25, 0.3) is 0 Å². The van der Waals surface area contributed by atoms with Gasteiger partial charge in [0.05, 0.1) is 11.1 Å². The Morgan fingerprint density at radius 1 is 1.50 bits per heavy atom. The number of phenols is 1. The second-order valence-electron chi connectivity index (χ2n) is 6.16. The minimum atomic E-state index is -0.737. The molecule has 0 radical (unpaired) electrons. The van der Waals surface area contributed by atoms with Crippen LogP contribution < -0.4 is 0 Å². The van der Waals surface area contributed by atoms with E-state index in [2.05, 4.69) is 19.6 Å². The molecule has 1 aliphatic rings. The van der Waals surface area contributed by atoms with E-state index in [0.29, 0.717) is 11.3 Å². The van der Waals surface area contributed by atoms with Crippen LogP contribution in [0.5, 0.6) is 5.75 Å². The summed E-state index contributed by atoms with van der Waals surface area (Å²) in [5.41, 5.74) is 4.20. The normalized spacial score (nSPS) is 18.5. The Labute approximate surface area is 149 Å². The highest BCUT2D eigenvalue weighted by Crippen LogP contribution is 2.29. The molecule has 24 heavy (non-hydrogen) atoms. The summed E-state index contributed by atoms with van der Waals surface area (Å²) in [4.78, 5) is 0. The van der Waals surface area contributed by atoms with Gasteiger partial charge in [-0.25, -0.2) is 0 Å². The molecule has 3 nitrogen and oxygen atoms in total. The topological polar surface area (TPSA) is 49.7 Å². The van der Waals surface area contributed by atoms with E-state index >= 15 is 0 Å². The largest absolute Gasteiger partial charge is 0.508 e. The number of phenolic OH excluding ortho intramolecular Hbond substituents is 1. The van der Waals surface area contributed by atoms with Crippen LogP contribution in [0.2, 0.25) is 11.3 Å². The molecule has 1 atom stereocenters. The van der Waals surface area contributed by atoms with Crippen molar-refractivity contribution in [1.29, 1.82) is 0 Å². The standard InChI is InChI=1S/C19H24BClO3/c1-4-14(11-15-6-7-16(22)12-18(15)21)5-8-19-17(13(2)3)9-10-20(23)24-19/h6-7,9,11-12,19,22-23H,2,4-5,8,10H2,1,3H3/b14-11+. The molecule has 0 saturated carbocycles. The molecule has 0 spiro atoms. The van der Waals surface area contributed by atoms with Crippen molar-refractivity contribution >= 4 is 24.8 Å². The van der Waals surface area contributed by atoms with E-state index in [9.17, 15) is 10.1 Å². The summed E-state index contributed by atoms with van der Waals surface area (Å²) in [7, 11) is -0.737. The first-order valence-corrected chi connectivity index (χ1v) is 8.66. The second kappa shape index (κ2) is 8.56. The van der Waals surface area contributed by atoms with Crippen LogP contribution >= 0.6 is 11.6 Å². The molecule has 5 heteroatoms. The molecule has 1 unspecified atom stereocenters. The quantitative estimate of drug-likeness (QED) is 0.713. The second-order valence-corrected chi connectivity index (χ2v) is 6.56. The van der Waals surface area contributed by atoms with E-state index in [1.54, 1.807) is 12.1 Å². The third kappa shape index (κ3) is 5.00. The predicted octanol–water partition coefficient (Wildman–Crippen LogP) is 5.00. The summed E-state index contributed by atoms with van der Waals surface area (Å²) in [6, 6.07) is 4.99. The lowest BCUT2D eigenvalue weighted by Gasteiger charge is -2.27. The molecule has 1 aliphatic heterocycles. The van der Waals surface area contributed by atoms with Crippen LogP contribution in [0.1, 0.15) is 38.7 Å². The zero-order valence-electron chi connectivity index (χ0n) is 14.3. The Bertz CT molecular complexity index is 667. The summed E-state index contributed by atoms with van der Waals surface area (Å²) in [5, 5.41) is 19.7. The molecule has 0 aromatic heterocycles. The summed E-state index contributed by atoms with van der Waals surface area (Å²) >= 11 is 6.18. The molecule has 1 aromatic rings. The third-order valence-corrected chi connectivity index (χ3v) is 4.55. The van der Waals surface area contributed by atoms with E-state index < -0.39 is 7.12 Å². The molecule has 0 saturated heterocycles. The molecule has 1 heterocycles. The Morgan fingerprint density at radius 2 is 2.25 bits per heavy atom. The summed E-state index contributed by atoms with van der Waals surface area (Å²) in [6.45, 7) is 8.07. The van der Waals surface area contributed by atoms with Crippen molar-refractivity contribution in [2.45, 2.75) is 45.5 Å². The zero-order chi connectivity index (χ0) is 17.7. The number of benzene rings is 1. The number of rotatable bonds is 6. The van der Waals surface area contributed by atoms with Crippen LogP contribution in [0.15, 0.2) is 47.6 Å². The molecule has 0 fully saturated rings. The number of hydrogen-bond acceptors (Lipinski definition) is 3. The maximum Gasteiger partial charge on any atom is 0.458 e. The van der Waals surface area contributed by atoms with Gasteiger partial charge in [-0.1, -0.05) is 48.4 Å².